The van der Waals surface area contributed by atoms with Crippen LogP contribution < -0.4 is 4.74 Å². The molecule has 4 rings (SSSR count). The Labute approximate surface area is 180 Å². The molecule has 1 aliphatic heterocycles. The van der Waals surface area contributed by atoms with Gasteiger partial charge in [-0.15, -0.1) is 0 Å². The smallest absolute Gasteiger partial charge is 0.293 e. The van der Waals surface area contributed by atoms with Crippen LogP contribution in [0.15, 0.2) is 83.8 Å². The quantitative estimate of drug-likeness (QED) is 0.477. The van der Waals surface area contributed by atoms with Crippen LogP contribution in [0.2, 0.25) is 0 Å². The summed E-state index contributed by atoms with van der Waals surface area (Å²) in [6.07, 6.45) is 1.74. The molecule has 1 saturated heterocycles. The van der Waals surface area contributed by atoms with E-state index < -0.39 is 0 Å². The van der Waals surface area contributed by atoms with Crippen molar-refractivity contribution in [2.75, 3.05) is 0 Å². The average Bonchev–Trinajstić information content (AvgIpc) is 3.03. The largest absolute Gasteiger partial charge is 0.488 e. The maximum Gasteiger partial charge on any atom is 0.293 e. The summed E-state index contributed by atoms with van der Waals surface area (Å²) < 4.78 is 5.97. The first-order valence-electron chi connectivity index (χ1n) is 9.67. The summed E-state index contributed by atoms with van der Waals surface area (Å²) in [6.45, 7) is 2.69. The van der Waals surface area contributed by atoms with E-state index in [-0.39, 0.29) is 17.7 Å². The number of ether oxygens (including phenoxy) is 1. The summed E-state index contributed by atoms with van der Waals surface area (Å²) in [5.74, 6) is 0.401. The van der Waals surface area contributed by atoms with E-state index in [0.717, 1.165) is 34.0 Å². The number of aryl methyl sites for hydroxylation is 1. The fourth-order valence-corrected chi connectivity index (χ4v) is 4.03. The Kier molecular flexibility index (Phi) is 6.00. The Hall–Kier alpha value is -3.31. The van der Waals surface area contributed by atoms with Crippen molar-refractivity contribution in [2.24, 2.45) is 0 Å². The van der Waals surface area contributed by atoms with Gasteiger partial charge < -0.3 is 4.74 Å². The summed E-state index contributed by atoms with van der Waals surface area (Å²) in [5, 5.41) is -0.253. The first-order valence-corrected chi connectivity index (χ1v) is 10.5. The van der Waals surface area contributed by atoms with E-state index in [1.54, 1.807) is 6.08 Å². The van der Waals surface area contributed by atoms with Gasteiger partial charge in [0, 0.05) is 5.56 Å². The van der Waals surface area contributed by atoms with Crippen molar-refractivity contribution in [1.82, 2.24) is 4.90 Å². The predicted octanol–water partition coefficient (Wildman–Crippen LogP) is 5.81. The average molecular weight is 416 g/mol. The number of hydrogen-bond donors (Lipinski definition) is 0. The molecule has 0 spiro atoms. The number of carbonyl (C=O) groups is 2. The van der Waals surface area contributed by atoms with Crippen LogP contribution in [0.4, 0.5) is 4.79 Å². The summed E-state index contributed by atoms with van der Waals surface area (Å²) in [7, 11) is 0. The van der Waals surface area contributed by atoms with Gasteiger partial charge >= 0.3 is 0 Å². The second kappa shape index (κ2) is 9.01. The number of hydrogen-bond acceptors (Lipinski definition) is 4. The molecule has 0 aliphatic carbocycles. The summed E-state index contributed by atoms with van der Waals surface area (Å²) in [4.78, 5) is 27.1. The highest BCUT2D eigenvalue weighted by atomic mass is 32.2. The molecule has 0 unspecified atom stereocenters. The van der Waals surface area contributed by atoms with Crippen LogP contribution in [0.3, 0.4) is 0 Å². The van der Waals surface area contributed by atoms with Crippen LogP contribution in [-0.4, -0.2) is 16.0 Å². The van der Waals surface area contributed by atoms with Gasteiger partial charge in [0.25, 0.3) is 11.1 Å². The Morgan fingerprint density at radius 2 is 1.60 bits per heavy atom. The molecule has 0 N–H and O–H groups in total. The van der Waals surface area contributed by atoms with Gasteiger partial charge in [0.15, 0.2) is 0 Å². The van der Waals surface area contributed by atoms with Crippen molar-refractivity contribution >= 4 is 29.0 Å². The zero-order chi connectivity index (χ0) is 20.9. The molecule has 5 heteroatoms. The van der Waals surface area contributed by atoms with Crippen molar-refractivity contribution < 1.29 is 14.3 Å². The van der Waals surface area contributed by atoms with E-state index in [9.17, 15) is 9.59 Å². The van der Waals surface area contributed by atoms with E-state index in [0.29, 0.717) is 17.3 Å². The lowest BCUT2D eigenvalue weighted by molar-refractivity contribution is -0.123. The number of amides is 2. The third-order valence-electron chi connectivity index (χ3n) is 4.91. The first-order chi connectivity index (χ1) is 14.6. The molecule has 1 heterocycles. The van der Waals surface area contributed by atoms with Gasteiger partial charge in [0.2, 0.25) is 0 Å². The molecule has 30 heavy (non-hydrogen) atoms. The van der Waals surface area contributed by atoms with Crippen molar-refractivity contribution in [2.45, 2.75) is 20.1 Å². The zero-order valence-corrected chi connectivity index (χ0v) is 17.4. The lowest BCUT2D eigenvalue weighted by Crippen LogP contribution is -2.27. The van der Waals surface area contributed by atoms with Crippen molar-refractivity contribution in [3.63, 3.8) is 0 Å². The monoisotopic (exact) mass is 415 g/mol. The molecular formula is C25H21NO3S. The van der Waals surface area contributed by atoms with Crippen LogP contribution in [0.25, 0.3) is 6.08 Å². The molecule has 0 aromatic heterocycles. The van der Waals surface area contributed by atoms with E-state index in [1.165, 1.54) is 4.90 Å². The Bertz CT molecular complexity index is 1110. The first kappa shape index (κ1) is 20.0. The normalized spacial score (nSPS) is 15.1. The van der Waals surface area contributed by atoms with Gasteiger partial charge in [0.05, 0.1) is 11.4 Å². The minimum atomic E-state index is -0.272. The van der Waals surface area contributed by atoms with Crippen LogP contribution in [0.5, 0.6) is 5.75 Å². The molecule has 2 amide bonds. The topological polar surface area (TPSA) is 46.6 Å². The third-order valence-corrected chi connectivity index (χ3v) is 5.81. The summed E-state index contributed by atoms with van der Waals surface area (Å²) in [5.41, 5.74) is 3.86. The molecule has 3 aromatic carbocycles. The lowest BCUT2D eigenvalue weighted by Gasteiger charge is -2.14. The van der Waals surface area contributed by atoms with E-state index >= 15 is 0 Å². The number of carbonyl (C=O) groups excluding carboxylic acids is 2. The second-order valence-corrected chi connectivity index (χ2v) is 8.00. The van der Waals surface area contributed by atoms with Gasteiger partial charge in [-0.05, 0) is 47.5 Å². The minimum Gasteiger partial charge on any atom is -0.488 e. The molecule has 3 aromatic rings. The van der Waals surface area contributed by atoms with Gasteiger partial charge in [0.1, 0.15) is 12.4 Å². The molecule has 1 aliphatic rings. The number of para-hydroxylation sites is 1. The zero-order valence-electron chi connectivity index (χ0n) is 16.6. The highest BCUT2D eigenvalue weighted by Gasteiger charge is 2.35. The highest BCUT2D eigenvalue weighted by Crippen LogP contribution is 2.35. The third kappa shape index (κ3) is 4.47. The minimum absolute atomic E-state index is 0.253. The number of rotatable bonds is 6. The van der Waals surface area contributed by atoms with Gasteiger partial charge in [-0.1, -0.05) is 72.8 Å². The highest BCUT2D eigenvalue weighted by molar-refractivity contribution is 8.18. The molecular weight excluding hydrogens is 394 g/mol. The molecule has 150 valence electrons. The molecule has 0 atom stereocenters. The fraction of sp³-hybridized carbons (Fsp3) is 0.120. The molecule has 0 bridgehead atoms. The van der Waals surface area contributed by atoms with E-state index in [2.05, 4.69) is 0 Å². The molecule has 1 fully saturated rings. The second-order valence-electron chi connectivity index (χ2n) is 7.01. The lowest BCUT2D eigenvalue weighted by atomic mass is 10.1. The van der Waals surface area contributed by atoms with Crippen LogP contribution in [0, 0.1) is 6.92 Å². The van der Waals surface area contributed by atoms with Crippen LogP contribution in [0.1, 0.15) is 22.3 Å². The van der Waals surface area contributed by atoms with Crippen molar-refractivity contribution in [3.8, 4) is 5.75 Å². The predicted molar refractivity (Wildman–Crippen MR) is 120 cm³/mol. The molecule has 0 saturated carbocycles. The van der Waals surface area contributed by atoms with Gasteiger partial charge in [-0.25, -0.2) is 0 Å². The molecule has 0 radical (unpaired) electrons. The van der Waals surface area contributed by atoms with Crippen molar-refractivity contribution in [3.05, 3.63) is 106 Å². The summed E-state index contributed by atoms with van der Waals surface area (Å²) in [6, 6.07) is 25.2. The number of imide groups is 1. The van der Waals surface area contributed by atoms with Crippen LogP contribution in [-0.2, 0) is 17.9 Å². The maximum absolute atomic E-state index is 12.9. The number of thioether (sulfide) groups is 1. The maximum atomic E-state index is 12.9. The summed E-state index contributed by atoms with van der Waals surface area (Å²) >= 11 is 0.968. The Morgan fingerprint density at radius 3 is 2.40 bits per heavy atom. The van der Waals surface area contributed by atoms with Gasteiger partial charge in [-0.3, -0.25) is 14.5 Å². The van der Waals surface area contributed by atoms with E-state index in [1.807, 2.05) is 85.8 Å². The Balaban J connectivity index is 1.53. The number of benzene rings is 3. The van der Waals surface area contributed by atoms with Gasteiger partial charge in [-0.2, -0.15) is 0 Å². The van der Waals surface area contributed by atoms with E-state index in [4.69, 9.17) is 4.74 Å². The SMILES string of the molecule is Cc1ccccc1CN1C(=O)S/C(=C\c2ccccc2OCc2ccccc2)C1=O. The standard InChI is InChI=1S/C25H21NO3S/c1-18-9-5-6-13-21(18)16-26-24(27)23(30-25(26)28)15-20-12-7-8-14-22(20)29-17-19-10-3-2-4-11-19/h2-15H,16-17H2,1H3/b23-15-. The molecule has 4 nitrogen and oxygen atoms in total. The Morgan fingerprint density at radius 1 is 0.900 bits per heavy atom. The fourth-order valence-electron chi connectivity index (χ4n) is 3.20. The van der Waals surface area contributed by atoms with Crippen LogP contribution >= 0.6 is 11.8 Å². The number of nitrogens with zero attached hydrogens (tertiary/aromatic N) is 1. The van der Waals surface area contributed by atoms with Crippen molar-refractivity contribution in [1.29, 1.82) is 0 Å².